The van der Waals surface area contributed by atoms with Gasteiger partial charge >= 0.3 is 0 Å². The number of nitrogen functional groups attached to an aromatic ring is 1. The molecule has 6 heteroatoms. The van der Waals surface area contributed by atoms with E-state index in [1.165, 1.54) is 0 Å². The van der Waals surface area contributed by atoms with E-state index in [1.54, 1.807) is 23.0 Å². The van der Waals surface area contributed by atoms with E-state index in [0.717, 1.165) is 12.1 Å². The first-order valence-corrected chi connectivity index (χ1v) is 6.88. The maximum absolute atomic E-state index is 12.3. The summed E-state index contributed by atoms with van der Waals surface area (Å²) in [6.45, 7) is 3.19. The first kappa shape index (κ1) is 13.6. The molecule has 0 radical (unpaired) electrons. The Bertz CT molecular complexity index is 659. The van der Waals surface area contributed by atoms with Gasteiger partial charge in [0.15, 0.2) is 5.69 Å². The van der Waals surface area contributed by atoms with Gasteiger partial charge in [-0.2, -0.15) is 5.10 Å². The average molecular weight is 286 g/mol. The van der Waals surface area contributed by atoms with Crippen molar-refractivity contribution in [1.82, 2.24) is 15.1 Å². The van der Waals surface area contributed by atoms with Crippen LogP contribution in [0.15, 0.2) is 36.5 Å². The van der Waals surface area contributed by atoms with Crippen LogP contribution < -0.4 is 11.1 Å². The summed E-state index contributed by atoms with van der Waals surface area (Å²) in [4.78, 5) is 12.3. The molecule has 1 amide bonds. The Kier molecular flexibility index (Phi) is 3.39. The van der Waals surface area contributed by atoms with Gasteiger partial charge in [0.2, 0.25) is 0 Å². The monoisotopic (exact) mass is 286 g/mol. The topological polar surface area (TPSA) is 82.2 Å². The fourth-order valence-corrected chi connectivity index (χ4v) is 2.36. The van der Waals surface area contributed by atoms with Gasteiger partial charge in [0.1, 0.15) is 0 Å². The van der Waals surface area contributed by atoms with E-state index in [1.807, 2.05) is 25.1 Å². The van der Waals surface area contributed by atoms with E-state index in [9.17, 15) is 4.79 Å². The number of ether oxygens (including phenoxy) is 1. The third kappa shape index (κ3) is 2.90. The smallest absolute Gasteiger partial charge is 0.272 e. The van der Waals surface area contributed by atoms with Crippen molar-refractivity contribution in [2.75, 3.05) is 18.9 Å². The molecule has 6 nitrogen and oxygen atoms in total. The van der Waals surface area contributed by atoms with Crippen molar-refractivity contribution in [3.63, 3.8) is 0 Å². The Morgan fingerprint density at radius 1 is 1.48 bits per heavy atom. The molecular formula is C15H18N4O2. The van der Waals surface area contributed by atoms with Gasteiger partial charge in [-0.05, 0) is 37.6 Å². The maximum Gasteiger partial charge on any atom is 0.272 e. The summed E-state index contributed by atoms with van der Waals surface area (Å²) in [5.41, 5.74) is 7.31. The molecule has 1 aliphatic rings. The molecule has 21 heavy (non-hydrogen) atoms. The summed E-state index contributed by atoms with van der Waals surface area (Å²) in [6, 6.07) is 9.04. The average Bonchev–Trinajstić information content (AvgIpc) is 3.08. The van der Waals surface area contributed by atoms with Gasteiger partial charge in [0.05, 0.1) is 17.8 Å². The fraction of sp³-hybridized carbons (Fsp3) is 0.333. The van der Waals surface area contributed by atoms with Crippen LogP contribution in [0.4, 0.5) is 5.69 Å². The van der Waals surface area contributed by atoms with Crippen LogP contribution in [-0.4, -0.2) is 34.4 Å². The van der Waals surface area contributed by atoms with E-state index >= 15 is 0 Å². The van der Waals surface area contributed by atoms with Crippen LogP contribution in [0, 0.1) is 0 Å². The van der Waals surface area contributed by atoms with Crippen LogP contribution in [0.25, 0.3) is 5.69 Å². The highest BCUT2D eigenvalue weighted by Gasteiger charge is 2.32. The lowest BCUT2D eigenvalue weighted by Gasteiger charge is -2.22. The van der Waals surface area contributed by atoms with E-state index in [2.05, 4.69) is 10.4 Å². The van der Waals surface area contributed by atoms with Crippen molar-refractivity contribution in [2.24, 2.45) is 0 Å². The number of carbonyl (C=O) groups excluding carboxylic acids is 1. The minimum absolute atomic E-state index is 0.189. The number of hydrogen-bond acceptors (Lipinski definition) is 4. The zero-order valence-electron chi connectivity index (χ0n) is 11.9. The molecule has 3 rings (SSSR count). The zero-order chi connectivity index (χ0) is 14.9. The summed E-state index contributed by atoms with van der Waals surface area (Å²) >= 11 is 0. The van der Waals surface area contributed by atoms with Crippen molar-refractivity contribution < 1.29 is 9.53 Å². The van der Waals surface area contributed by atoms with E-state index in [0.29, 0.717) is 24.6 Å². The molecule has 0 aliphatic carbocycles. The van der Waals surface area contributed by atoms with Crippen molar-refractivity contribution in [3.8, 4) is 5.69 Å². The van der Waals surface area contributed by atoms with Crippen LogP contribution in [-0.2, 0) is 4.74 Å². The molecule has 1 aromatic carbocycles. The Hall–Kier alpha value is -2.34. The van der Waals surface area contributed by atoms with Crippen LogP contribution in [0.3, 0.4) is 0 Å². The van der Waals surface area contributed by atoms with Gasteiger partial charge in [0.25, 0.3) is 5.91 Å². The maximum atomic E-state index is 12.3. The lowest BCUT2D eigenvalue weighted by Crippen LogP contribution is -2.46. The second kappa shape index (κ2) is 5.21. The normalized spacial score (nSPS) is 21.4. The molecule has 3 N–H and O–H groups in total. The number of anilines is 1. The molecule has 1 atom stereocenters. The Labute approximate surface area is 122 Å². The van der Waals surface area contributed by atoms with Gasteiger partial charge in [0, 0.05) is 18.5 Å². The summed E-state index contributed by atoms with van der Waals surface area (Å²) in [7, 11) is 0. The summed E-state index contributed by atoms with van der Waals surface area (Å²) in [6.07, 6.45) is 2.56. The van der Waals surface area contributed by atoms with E-state index < -0.39 is 0 Å². The molecule has 1 unspecified atom stereocenters. The van der Waals surface area contributed by atoms with Gasteiger partial charge in [-0.3, -0.25) is 4.79 Å². The first-order valence-electron chi connectivity index (χ1n) is 6.88. The summed E-state index contributed by atoms with van der Waals surface area (Å²) in [5.74, 6) is -0.189. The first-order chi connectivity index (χ1) is 10.1. The molecule has 0 spiro atoms. The number of aromatic nitrogens is 2. The van der Waals surface area contributed by atoms with Gasteiger partial charge in [-0.1, -0.05) is 6.07 Å². The quantitative estimate of drug-likeness (QED) is 0.835. The molecule has 0 bridgehead atoms. The summed E-state index contributed by atoms with van der Waals surface area (Å²) < 4.78 is 6.97. The lowest BCUT2D eigenvalue weighted by atomic mass is 10.0. The standard InChI is InChI=1S/C15H18N4O2/c1-15(6-8-21-10-15)17-14(20)13-5-7-19(18-13)12-4-2-3-11(16)9-12/h2-5,7,9H,6,8,10,16H2,1H3,(H,17,20). The highest BCUT2D eigenvalue weighted by molar-refractivity contribution is 5.92. The minimum Gasteiger partial charge on any atom is -0.399 e. The molecule has 110 valence electrons. The lowest BCUT2D eigenvalue weighted by molar-refractivity contribution is 0.0884. The molecule has 0 saturated carbocycles. The number of nitrogens with zero attached hydrogens (tertiary/aromatic N) is 2. The highest BCUT2D eigenvalue weighted by Crippen LogP contribution is 2.18. The predicted molar refractivity (Wildman–Crippen MR) is 79.3 cm³/mol. The van der Waals surface area contributed by atoms with Crippen molar-refractivity contribution in [1.29, 1.82) is 0 Å². The SMILES string of the molecule is CC1(NC(=O)c2ccn(-c3cccc(N)c3)n2)CCOC1. The molecular weight excluding hydrogens is 268 g/mol. The molecule has 1 fully saturated rings. The Morgan fingerprint density at radius 2 is 2.33 bits per heavy atom. The number of amides is 1. The number of carbonyl (C=O) groups is 1. The van der Waals surface area contributed by atoms with Crippen LogP contribution in [0.5, 0.6) is 0 Å². The van der Waals surface area contributed by atoms with Gasteiger partial charge in [-0.25, -0.2) is 4.68 Å². The largest absolute Gasteiger partial charge is 0.399 e. The van der Waals surface area contributed by atoms with Crippen molar-refractivity contribution >= 4 is 11.6 Å². The van der Waals surface area contributed by atoms with Gasteiger partial charge in [-0.15, -0.1) is 0 Å². The van der Waals surface area contributed by atoms with Crippen molar-refractivity contribution in [2.45, 2.75) is 18.9 Å². The second-order valence-electron chi connectivity index (χ2n) is 5.56. The molecule has 1 aliphatic heterocycles. The molecule has 2 heterocycles. The van der Waals surface area contributed by atoms with Crippen LogP contribution in [0.1, 0.15) is 23.8 Å². The number of hydrogen-bond donors (Lipinski definition) is 2. The zero-order valence-corrected chi connectivity index (χ0v) is 11.9. The Balaban J connectivity index is 1.77. The number of benzene rings is 1. The molecule has 2 aromatic rings. The number of rotatable bonds is 3. The van der Waals surface area contributed by atoms with E-state index in [4.69, 9.17) is 10.5 Å². The van der Waals surface area contributed by atoms with Crippen molar-refractivity contribution in [3.05, 3.63) is 42.2 Å². The molecule has 1 aromatic heterocycles. The fourth-order valence-electron chi connectivity index (χ4n) is 2.36. The predicted octanol–water partition coefficient (Wildman–Crippen LogP) is 1.36. The second-order valence-corrected chi connectivity index (χ2v) is 5.56. The third-order valence-corrected chi connectivity index (χ3v) is 3.59. The van der Waals surface area contributed by atoms with Gasteiger partial charge < -0.3 is 15.8 Å². The highest BCUT2D eigenvalue weighted by atomic mass is 16.5. The van der Waals surface area contributed by atoms with Crippen LogP contribution >= 0.6 is 0 Å². The molecule has 1 saturated heterocycles. The number of nitrogens with two attached hydrogens (primary N) is 1. The van der Waals surface area contributed by atoms with E-state index in [-0.39, 0.29) is 11.4 Å². The summed E-state index contributed by atoms with van der Waals surface area (Å²) in [5, 5.41) is 7.29. The van der Waals surface area contributed by atoms with Crippen LogP contribution in [0.2, 0.25) is 0 Å². The minimum atomic E-state index is -0.308. The Morgan fingerprint density at radius 3 is 3.05 bits per heavy atom. The number of nitrogens with one attached hydrogen (secondary N) is 1. The third-order valence-electron chi connectivity index (χ3n) is 3.59.